The maximum Gasteiger partial charge on any atom is 0.254 e. The van der Waals surface area contributed by atoms with Crippen LogP contribution in [0.15, 0.2) is 24.3 Å². The van der Waals surface area contributed by atoms with Gasteiger partial charge in [0, 0.05) is 25.1 Å². The highest BCUT2D eigenvalue weighted by Crippen LogP contribution is 2.49. The number of ether oxygens (including phenoxy) is 1. The molecule has 1 aliphatic heterocycles. The summed E-state index contributed by atoms with van der Waals surface area (Å²) in [6.07, 6.45) is 7.08. The van der Waals surface area contributed by atoms with Gasteiger partial charge < -0.3 is 9.64 Å². The van der Waals surface area contributed by atoms with E-state index in [0.29, 0.717) is 29.8 Å². The predicted octanol–water partition coefficient (Wildman–Crippen LogP) is 3.94. The van der Waals surface area contributed by atoms with Gasteiger partial charge in [-0.3, -0.25) is 14.9 Å². The van der Waals surface area contributed by atoms with E-state index in [0.717, 1.165) is 55.5 Å². The Kier molecular flexibility index (Phi) is 5.52. The Morgan fingerprint density at radius 3 is 2.74 bits per heavy atom. The maximum absolute atomic E-state index is 13.8. The minimum atomic E-state index is -0.531. The minimum absolute atomic E-state index is 0.00512. The van der Waals surface area contributed by atoms with Gasteiger partial charge in [0.05, 0.1) is 18.1 Å². The highest BCUT2D eigenvalue weighted by Gasteiger charge is 2.54. The summed E-state index contributed by atoms with van der Waals surface area (Å²) in [6, 6.07) is 7.57. The summed E-state index contributed by atoms with van der Waals surface area (Å²) in [6.45, 7) is 0.934. The minimum Gasteiger partial charge on any atom is -0.383 e. The number of methoxy groups -OCH3 is 1. The van der Waals surface area contributed by atoms with Gasteiger partial charge in [-0.1, -0.05) is 48.8 Å². The van der Waals surface area contributed by atoms with Gasteiger partial charge in [0.2, 0.25) is 11.0 Å². The van der Waals surface area contributed by atoms with Gasteiger partial charge in [-0.2, -0.15) is 0 Å². The summed E-state index contributed by atoms with van der Waals surface area (Å²) in [5, 5.41) is 13.1. The molecule has 7 nitrogen and oxygen atoms in total. The average Bonchev–Trinajstić information content (AvgIpc) is 3.53. The van der Waals surface area contributed by atoms with Crippen LogP contribution in [0.3, 0.4) is 0 Å². The van der Waals surface area contributed by atoms with E-state index in [1.807, 2.05) is 29.2 Å². The molecule has 2 heterocycles. The zero-order valence-corrected chi connectivity index (χ0v) is 18.6. The van der Waals surface area contributed by atoms with Crippen molar-refractivity contribution < 1.29 is 14.3 Å². The lowest BCUT2D eigenvalue weighted by Gasteiger charge is -2.53. The van der Waals surface area contributed by atoms with Gasteiger partial charge in [-0.25, -0.2) is 0 Å². The van der Waals surface area contributed by atoms with Crippen molar-refractivity contribution in [1.82, 2.24) is 15.1 Å². The Morgan fingerprint density at radius 1 is 1.23 bits per heavy atom. The maximum atomic E-state index is 13.8. The fraction of sp³-hybridized carbons (Fsp3) is 0.565. The standard InChI is InChI=1S/C23H28N4O3S/c1-30-14-13-27-21(29)17-8-4-3-7-16(17)18(23(27)11-5-2-6-12-23)19(28)24-22-26-25-20(31-22)15-9-10-15/h3-4,7-8,15,18H,2,5-6,9-14H2,1H3,(H,24,26,28). The summed E-state index contributed by atoms with van der Waals surface area (Å²) in [5.41, 5.74) is 0.912. The SMILES string of the molecule is COCCN1C(=O)c2ccccc2C(C(=O)Nc2nnc(C3CC3)s2)C12CCCCC2. The molecule has 1 aromatic carbocycles. The van der Waals surface area contributed by atoms with Gasteiger partial charge in [-0.15, -0.1) is 10.2 Å². The second kappa shape index (κ2) is 8.31. The van der Waals surface area contributed by atoms with E-state index in [9.17, 15) is 9.59 Å². The van der Waals surface area contributed by atoms with Crippen LogP contribution >= 0.6 is 11.3 Å². The van der Waals surface area contributed by atoms with Crippen molar-refractivity contribution in [3.05, 3.63) is 40.4 Å². The zero-order valence-electron chi connectivity index (χ0n) is 17.8. The summed E-state index contributed by atoms with van der Waals surface area (Å²) in [5.74, 6) is -0.0227. The number of nitrogens with zero attached hydrogens (tertiary/aromatic N) is 3. The van der Waals surface area contributed by atoms with Gasteiger partial charge in [0.25, 0.3) is 5.91 Å². The van der Waals surface area contributed by atoms with E-state index in [2.05, 4.69) is 15.5 Å². The predicted molar refractivity (Wildman–Crippen MR) is 118 cm³/mol. The molecule has 2 aliphatic carbocycles. The zero-order chi connectivity index (χ0) is 21.4. The molecule has 1 spiro atoms. The van der Waals surface area contributed by atoms with Crippen LogP contribution in [0.1, 0.15) is 77.7 Å². The Balaban J connectivity index is 1.54. The molecule has 3 aliphatic rings. The van der Waals surface area contributed by atoms with Gasteiger partial charge in [0.1, 0.15) is 5.01 Å². The first kappa shape index (κ1) is 20.6. The van der Waals surface area contributed by atoms with E-state index in [4.69, 9.17) is 4.74 Å². The molecule has 0 bridgehead atoms. The number of benzene rings is 1. The van der Waals surface area contributed by atoms with Crippen LogP contribution in [0, 0.1) is 0 Å². The molecular weight excluding hydrogens is 412 g/mol. The molecule has 1 N–H and O–H groups in total. The molecule has 2 amide bonds. The number of rotatable bonds is 6. The van der Waals surface area contributed by atoms with Crippen LogP contribution in [0.25, 0.3) is 0 Å². The number of aromatic nitrogens is 2. The van der Waals surface area contributed by atoms with Gasteiger partial charge >= 0.3 is 0 Å². The Bertz CT molecular complexity index is 981. The van der Waals surface area contributed by atoms with Crippen molar-refractivity contribution in [3.8, 4) is 0 Å². The van der Waals surface area contributed by atoms with Crippen LogP contribution in [-0.4, -0.2) is 52.7 Å². The monoisotopic (exact) mass is 440 g/mol. The highest BCUT2D eigenvalue weighted by atomic mass is 32.1. The van der Waals surface area contributed by atoms with Crippen molar-refractivity contribution in [2.45, 2.75) is 62.3 Å². The number of carbonyl (C=O) groups excluding carboxylic acids is 2. The summed E-state index contributed by atoms with van der Waals surface area (Å²) < 4.78 is 5.33. The lowest BCUT2D eigenvalue weighted by atomic mass is 9.65. The van der Waals surface area contributed by atoms with Crippen molar-refractivity contribution in [1.29, 1.82) is 0 Å². The summed E-state index contributed by atoms with van der Waals surface area (Å²) >= 11 is 1.47. The largest absolute Gasteiger partial charge is 0.383 e. The quantitative estimate of drug-likeness (QED) is 0.735. The number of anilines is 1. The topological polar surface area (TPSA) is 84.4 Å². The number of amides is 2. The van der Waals surface area contributed by atoms with Crippen LogP contribution in [-0.2, 0) is 9.53 Å². The van der Waals surface area contributed by atoms with E-state index in [1.165, 1.54) is 11.3 Å². The Labute approximate surface area is 186 Å². The van der Waals surface area contributed by atoms with Crippen molar-refractivity contribution in [2.24, 2.45) is 0 Å². The van der Waals surface area contributed by atoms with E-state index in [-0.39, 0.29) is 11.8 Å². The molecule has 0 saturated heterocycles. The molecule has 164 valence electrons. The number of hydrogen-bond donors (Lipinski definition) is 1. The third kappa shape index (κ3) is 3.65. The molecule has 1 aromatic heterocycles. The smallest absolute Gasteiger partial charge is 0.254 e. The van der Waals surface area contributed by atoms with E-state index in [1.54, 1.807) is 7.11 Å². The van der Waals surface area contributed by atoms with Crippen LogP contribution in [0.5, 0.6) is 0 Å². The summed E-state index contributed by atoms with van der Waals surface area (Å²) in [4.78, 5) is 29.2. The number of carbonyl (C=O) groups is 2. The van der Waals surface area contributed by atoms with Crippen molar-refractivity contribution >= 4 is 28.3 Å². The molecule has 2 saturated carbocycles. The van der Waals surface area contributed by atoms with E-state index >= 15 is 0 Å². The number of nitrogens with one attached hydrogen (secondary N) is 1. The lowest BCUT2D eigenvalue weighted by molar-refractivity contribution is -0.122. The van der Waals surface area contributed by atoms with Gasteiger partial charge in [0.15, 0.2) is 0 Å². The molecule has 0 radical (unpaired) electrons. The first-order valence-corrected chi connectivity index (χ1v) is 12.0. The number of fused-ring (bicyclic) bond motifs is 1. The van der Waals surface area contributed by atoms with Crippen molar-refractivity contribution in [3.63, 3.8) is 0 Å². The third-order valence-corrected chi connectivity index (χ3v) is 7.92. The van der Waals surface area contributed by atoms with Crippen LogP contribution < -0.4 is 5.32 Å². The van der Waals surface area contributed by atoms with E-state index < -0.39 is 11.5 Å². The molecule has 1 unspecified atom stereocenters. The molecule has 2 fully saturated rings. The van der Waals surface area contributed by atoms with Crippen molar-refractivity contribution in [2.75, 3.05) is 25.6 Å². The molecule has 8 heteroatoms. The molecular formula is C23H28N4O3S. The second-order valence-electron chi connectivity index (χ2n) is 8.84. The fourth-order valence-corrected chi connectivity index (χ4v) is 6.22. The second-order valence-corrected chi connectivity index (χ2v) is 9.85. The Morgan fingerprint density at radius 2 is 2.00 bits per heavy atom. The number of hydrogen-bond acceptors (Lipinski definition) is 6. The van der Waals surface area contributed by atoms with Crippen LogP contribution in [0.4, 0.5) is 5.13 Å². The average molecular weight is 441 g/mol. The molecule has 5 rings (SSSR count). The normalized spacial score (nSPS) is 22.4. The first-order chi connectivity index (χ1) is 15.1. The first-order valence-electron chi connectivity index (χ1n) is 11.2. The summed E-state index contributed by atoms with van der Waals surface area (Å²) in [7, 11) is 1.65. The molecule has 31 heavy (non-hydrogen) atoms. The van der Waals surface area contributed by atoms with Gasteiger partial charge in [-0.05, 0) is 37.3 Å². The molecule has 2 aromatic rings. The Hall–Kier alpha value is -2.32. The van der Waals surface area contributed by atoms with Crippen LogP contribution in [0.2, 0.25) is 0 Å². The molecule has 1 atom stereocenters. The highest BCUT2D eigenvalue weighted by molar-refractivity contribution is 7.15. The lowest BCUT2D eigenvalue weighted by Crippen LogP contribution is -2.62. The third-order valence-electron chi connectivity index (χ3n) is 6.92. The fourth-order valence-electron chi connectivity index (χ4n) is 5.31.